The molecule has 2 aromatic heterocycles. The van der Waals surface area contributed by atoms with Gasteiger partial charge in [-0.25, -0.2) is 0 Å². The average Bonchev–Trinajstić information content (AvgIpc) is 3.40. The molecule has 1 N–H and O–H groups in total. The number of para-hydroxylation sites is 1. The van der Waals surface area contributed by atoms with Crippen molar-refractivity contribution in [3.63, 3.8) is 0 Å². The van der Waals surface area contributed by atoms with Crippen LogP contribution in [0.5, 0.6) is 0 Å². The van der Waals surface area contributed by atoms with Gasteiger partial charge < -0.3 is 14.4 Å². The van der Waals surface area contributed by atoms with Gasteiger partial charge in [0.15, 0.2) is 5.82 Å². The summed E-state index contributed by atoms with van der Waals surface area (Å²) >= 11 is 6.35. The van der Waals surface area contributed by atoms with Crippen molar-refractivity contribution in [2.24, 2.45) is 0 Å². The Kier molecular flexibility index (Phi) is 3.94. The van der Waals surface area contributed by atoms with Crippen molar-refractivity contribution in [2.75, 3.05) is 11.4 Å². The van der Waals surface area contributed by atoms with Gasteiger partial charge in [0.05, 0.1) is 10.7 Å². The summed E-state index contributed by atoms with van der Waals surface area (Å²) < 4.78 is 5.53. The maximum atomic E-state index is 12.7. The molecule has 28 heavy (non-hydrogen) atoms. The largest absolute Gasteiger partial charge is 0.361 e. The summed E-state index contributed by atoms with van der Waals surface area (Å²) in [6, 6.07) is 13.5. The summed E-state index contributed by atoms with van der Waals surface area (Å²) in [7, 11) is 0. The molecule has 0 saturated carbocycles. The van der Waals surface area contributed by atoms with Gasteiger partial charge in [-0.05, 0) is 36.8 Å². The van der Waals surface area contributed by atoms with Crippen LogP contribution < -0.4 is 4.90 Å². The van der Waals surface area contributed by atoms with Crippen LogP contribution in [0, 0.1) is 6.92 Å². The number of rotatable bonds is 3. The number of H-pyrrole nitrogens is 1. The van der Waals surface area contributed by atoms with E-state index in [9.17, 15) is 4.79 Å². The fraction of sp³-hybridized carbons (Fsp3) is 0.190. The molecular weight excluding hydrogens is 376 g/mol. The molecule has 0 spiro atoms. The van der Waals surface area contributed by atoms with Crippen molar-refractivity contribution in [3.8, 4) is 11.5 Å². The van der Waals surface area contributed by atoms with E-state index in [2.05, 4.69) is 15.1 Å². The van der Waals surface area contributed by atoms with Gasteiger partial charge in [0, 0.05) is 41.5 Å². The van der Waals surface area contributed by atoms with E-state index < -0.39 is 0 Å². The lowest BCUT2D eigenvalue weighted by Crippen LogP contribution is -2.25. The number of amides is 1. The van der Waals surface area contributed by atoms with E-state index in [0.717, 1.165) is 27.7 Å². The Morgan fingerprint density at radius 2 is 2.07 bits per heavy atom. The lowest BCUT2D eigenvalue weighted by Gasteiger charge is -2.20. The van der Waals surface area contributed by atoms with Crippen molar-refractivity contribution >= 4 is 34.1 Å². The number of aryl methyl sites for hydroxylation is 1. The van der Waals surface area contributed by atoms with Crippen molar-refractivity contribution < 1.29 is 9.32 Å². The summed E-state index contributed by atoms with van der Waals surface area (Å²) in [5.41, 5.74) is 3.61. The predicted octanol–water partition coefficient (Wildman–Crippen LogP) is 4.70. The third-order valence-corrected chi connectivity index (χ3v) is 5.52. The predicted molar refractivity (Wildman–Crippen MR) is 107 cm³/mol. The highest BCUT2D eigenvalue weighted by Crippen LogP contribution is 2.37. The summed E-state index contributed by atoms with van der Waals surface area (Å²) in [6.07, 6.45) is 2.21. The Morgan fingerprint density at radius 1 is 1.21 bits per heavy atom. The van der Waals surface area contributed by atoms with E-state index in [0.29, 0.717) is 29.7 Å². The Hall–Kier alpha value is -3.12. The van der Waals surface area contributed by atoms with Crippen molar-refractivity contribution in [2.45, 2.75) is 19.3 Å². The highest BCUT2D eigenvalue weighted by atomic mass is 35.5. The zero-order valence-corrected chi connectivity index (χ0v) is 15.9. The number of benzene rings is 2. The first-order valence-electron chi connectivity index (χ1n) is 9.07. The molecule has 1 amide bonds. The third kappa shape index (κ3) is 2.68. The van der Waals surface area contributed by atoms with Crippen LogP contribution in [0.15, 0.2) is 53.2 Å². The first-order valence-corrected chi connectivity index (χ1v) is 9.45. The monoisotopic (exact) mass is 392 g/mol. The molecule has 2 aromatic carbocycles. The zero-order chi connectivity index (χ0) is 19.3. The van der Waals surface area contributed by atoms with Crippen molar-refractivity contribution in [1.29, 1.82) is 0 Å². The van der Waals surface area contributed by atoms with E-state index in [1.54, 1.807) is 11.0 Å². The highest BCUT2D eigenvalue weighted by Gasteiger charge is 2.36. The fourth-order valence-electron chi connectivity index (χ4n) is 3.84. The molecule has 1 saturated heterocycles. The number of hydrogen-bond donors (Lipinski definition) is 1. The normalized spacial score (nSPS) is 17.0. The van der Waals surface area contributed by atoms with Gasteiger partial charge >= 0.3 is 0 Å². The number of carbonyl (C=O) groups excluding carboxylic acids is 1. The molecule has 5 rings (SSSR count). The van der Waals surface area contributed by atoms with Crippen LogP contribution in [-0.2, 0) is 4.79 Å². The Morgan fingerprint density at radius 3 is 2.93 bits per heavy atom. The van der Waals surface area contributed by atoms with Gasteiger partial charge in [-0.3, -0.25) is 4.79 Å². The summed E-state index contributed by atoms with van der Waals surface area (Å²) in [4.78, 5) is 22.2. The number of aromatic nitrogens is 3. The average molecular weight is 393 g/mol. The fourth-order valence-corrected chi connectivity index (χ4v) is 4.17. The third-order valence-electron chi connectivity index (χ3n) is 5.22. The minimum atomic E-state index is -0.133. The number of anilines is 1. The van der Waals surface area contributed by atoms with E-state index in [1.165, 1.54) is 0 Å². The summed E-state index contributed by atoms with van der Waals surface area (Å²) in [6.45, 7) is 2.43. The smallest absolute Gasteiger partial charge is 0.258 e. The maximum Gasteiger partial charge on any atom is 0.258 e. The molecule has 4 aromatic rings. The van der Waals surface area contributed by atoms with Gasteiger partial charge in [-0.1, -0.05) is 35.0 Å². The molecule has 1 atom stereocenters. The van der Waals surface area contributed by atoms with Crippen LogP contribution in [0.2, 0.25) is 5.02 Å². The molecule has 1 aliphatic heterocycles. The Balaban J connectivity index is 1.46. The lowest BCUT2D eigenvalue weighted by molar-refractivity contribution is -0.117. The SMILES string of the molecule is Cc1cccc(Cl)c1N1CC(c2noc(-c3cccc4[nH]ccc34)n2)CC1=O. The van der Waals surface area contributed by atoms with Gasteiger partial charge in [-0.2, -0.15) is 4.98 Å². The number of hydrogen-bond acceptors (Lipinski definition) is 4. The van der Waals surface area contributed by atoms with Crippen LogP contribution in [0.3, 0.4) is 0 Å². The second-order valence-electron chi connectivity index (χ2n) is 7.01. The number of aromatic amines is 1. The van der Waals surface area contributed by atoms with Gasteiger partial charge in [-0.15, -0.1) is 0 Å². The zero-order valence-electron chi connectivity index (χ0n) is 15.1. The van der Waals surface area contributed by atoms with E-state index in [4.69, 9.17) is 16.1 Å². The molecule has 3 heterocycles. The van der Waals surface area contributed by atoms with Crippen LogP contribution >= 0.6 is 11.6 Å². The second-order valence-corrected chi connectivity index (χ2v) is 7.42. The minimum absolute atomic E-state index is 0.0142. The quantitative estimate of drug-likeness (QED) is 0.548. The Bertz CT molecular complexity index is 1180. The molecule has 140 valence electrons. The van der Waals surface area contributed by atoms with E-state index >= 15 is 0 Å². The Labute approximate surface area is 166 Å². The molecule has 0 bridgehead atoms. The standard InChI is InChI=1S/C21H17ClN4O2/c1-12-4-2-6-16(22)19(12)26-11-13(10-18(26)27)20-24-21(28-25-20)15-5-3-7-17-14(15)8-9-23-17/h2-9,13,23H,10-11H2,1H3. The van der Waals surface area contributed by atoms with E-state index in [1.807, 2.05) is 49.5 Å². The van der Waals surface area contributed by atoms with Gasteiger partial charge in [0.1, 0.15) is 0 Å². The number of halogens is 1. The molecule has 7 heteroatoms. The van der Waals surface area contributed by atoms with Crippen LogP contribution in [0.4, 0.5) is 5.69 Å². The first-order chi connectivity index (χ1) is 13.6. The topological polar surface area (TPSA) is 75.0 Å². The van der Waals surface area contributed by atoms with E-state index in [-0.39, 0.29) is 11.8 Å². The number of nitrogens with one attached hydrogen (secondary N) is 1. The molecular formula is C21H17ClN4O2. The van der Waals surface area contributed by atoms with Gasteiger partial charge in [0.25, 0.3) is 5.89 Å². The first kappa shape index (κ1) is 17.0. The number of nitrogens with zero attached hydrogens (tertiary/aromatic N) is 3. The molecule has 6 nitrogen and oxygen atoms in total. The maximum absolute atomic E-state index is 12.7. The molecule has 1 aliphatic rings. The second kappa shape index (κ2) is 6.49. The summed E-state index contributed by atoms with van der Waals surface area (Å²) in [5, 5.41) is 5.76. The number of carbonyl (C=O) groups is 1. The molecule has 1 unspecified atom stereocenters. The molecule has 0 radical (unpaired) electrons. The van der Waals surface area contributed by atoms with Crippen molar-refractivity contribution in [3.05, 3.63) is 65.1 Å². The minimum Gasteiger partial charge on any atom is -0.361 e. The highest BCUT2D eigenvalue weighted by molar-refractivity contribution is 6.34. The molecule has 0 aliphatic carbocycles. The van der Waals surface area contributed by atoms with Crippen molar-refractivity contribution in [1.82, 2.24) is 15.1 Å². The van der Waals surface area contributed by atoms with Crippen LogP contribution in [0.25, 0.3) is 22.4 Å². The van der Waals surface area contributed by atoms with Crippen LogP contribution in [-0.4, -0.2) is 27.6 Å². The lowest BCUT2D eigenvalue weighted by atomic mass is 10.1. The summed E-state index contributed by atoms with van der Waals surface area (Å²) in [5.74, 6) is 0.884. The van der Waals surface area contributed by atoms with Crippen LogP contribution in [0.1, 0.15) is 23.7 Å². The molecule has 1 fully saturated rings. The number of fused-ring (bicyclic) bond motifs is 1. The van der Waals surface area contributed by atoms with Gasteiger partial charge in [0.2, 0.25) is 5.91 Å².